The number of alkyl halides is 3. The molecule has 3 fully saturated rings. The van der Waals surface area contributed by atoms with Gasteiger partial charge >= 0.3 is 6.18 Å². The van der Waals surface area contributed by atoms with Gasteiger partial charge in [-0.25, -0.2) is 13.4 Å². The molecule has 0 N–H and O–H groups in total. The van der Waals surface area contributed by atoms with E-state index in [9.17, 15) is 26.4 Å². The minimum Gasteiger partial charge on any atom is -0.353 e. The molecule has 3 aliphatic rings. The average Bonchev–Trinajstić information content (AvgIpc) is 3.03. The lowest BCUT2D eigenvalue weighted by Crippen LogP contribution is -2.53. The summed E-state index contributed by atoms with van der Waals surface area (Å²) in [6.45, 7) is 4.61. The van der Waals surface area contributed by atoms with Crippen molar-refractivity contribution in [2.24, 2.45) is 16.7 Å². The van der Waals surface area contributed by atoms with Crippen LogP contribution in [0.4, 0.5) is 19.0 Å². The number of hydrogen-bond acceptors (Lipinski definition) is 5. The van der Waals surface area contributed by atoms with Gasteiger partial charge in [0.05, 0.1) is 16.3 Å². The summed E-state index contributed by atoms with van der Waals surface area (Å²) in [5, 5.41) is -0.906. The topological polar surface area (TPSA) is 70.6 Å². The number of carbonyl (C=O) groups excluding carboxylic acids is 1. The Morgan fingerprint density at radius 1 is 1.19 bits per heavy atom. The van der Waals surface area contributed by atoms with E-state index in [1.807, 2.05) is 13.8 Å². The zero-order valence-corrected chi connectivity index (χ0v) is 20.0. The van der Waals surface area contributed by atoms with E-state index in [0.29, 0.717) is 12.8 Å². The number of nitrogens with zero attached hydrogens (tertiary/aromatic N) is 3. The molecule has 1 aromatic rings. The fraction of sp³-hybridized carbons (Fsp3) is 0.700. The molecule has 2 atom stereocenters. The number of Topliss-reactive ketones (excluding diaryl/α,β-unsaturated/α-hetero) is 1. The normalized spacial score (nSPS) is 28.5. The maximum atomic E-state index is 13.2. The van der Waals surface area contributed by atoms with E-state index >= 15 is 0 Å². The Morgan fingerprint density at radius 3 is 2.31 bits per heavy atom. The van der Waals surface area contributed by atoms with Crippen molar-refractivity contribution in [1.29, 1.82) is 0 Å². The van der Waals surface area contributed by atoms with E-state index in [1.54, 1.807) is 4.90 Å². The fourth-order valence-electron chi connectivity index (χ4n) is 5.57. The Kier molecular flexibility index (Phi) is 5.79. The number of aromatic nitrogens is 1. The zero-order valence-electron chi connectivity index (χ0n) is 17.7. The van der Waals surface area contributed by atoms with Gasteiger partial charge < -0.3 is 4.90 Å². The summed E-state index contributed by atoms with van der Waals surface area (Å²) < 4.78 is 66.9. The molecule has 1 aliphatic heterocycles. The van der Waals surface area contributed by atoms with Crippen LogP contribution in [0.25, 0.3) is 0 Å². The van der Waals surface area contributed by atoms with Crippen LogP contribution in [-0.2, 0) is 21.0 Å². The average molecular weight is 514 g/mol. The Balaban J connectivity index is 1.48. The Bertz CT molecular complexity index is 1060. The van der Waals surface area contributed by atoms with Crippen LogP contribution in [0.3, 0.4) is 0 Å². The predicted molar refractivity (Wildman–Crippen MR) is 115 cm³/mol. The summed E-state index contributed by atoms with van der Waals surface area (Å²) in [4.78, 5) is 18.2. The van der Waals surface area contributed by atoms with E-state index in [2.05, 4.69) is 4.98 Å². The second-order valence-corrected chi connectivity index (χ2v) is 12.2. The van der Waals surface area contributed by atoms with E-state index in [4.69, 9.17) is 23.2 Å². The van der Waals surface area contributed by atoms with Crippen molar-refractivity contribution in [2.45, 2.75) is 39.3 Å². The summed E-state index contributed by atoms with van der Waals surface area (Å²) in [6, 6.07) is 0.735. The van der Waals surface area contributed by atoms with Gasteiger partial charge in [0.15, 0.2) is 0 Å². The van der Waals surface area contributed by atoms with Crippen molar-refractivity contribution < 1.29 is 26.4 Å². The highest BCUT2D eigenvalue weighted by molar-refractivity contribution is 7.89. The molecule has 6 nitrogen and oxygen atoms in total. The number of halogens is 5. The van der Waals surface area contributed by atoms with Crippen LogP contribution in [0.1, 0.15) is 38.7 Å². The molecule has 178 valence electrons. The highest BCUT2D eigenvalue weighted by atomic mass is 35.5. The van der Waals surface area contributed by atoms with Crippen LogP contribution in [0, 0.1) is 16.7 Å². The van der Waals surface area contributed by atoms with Crippen LogP contribution < -0.4 is 4.90 Å². The van der Waals surface area contributed by atoms with Crippen LogP contribution in [0.5, 0.6) is 0 Å². The molecule has 0 unspecified atom stereocenters. The number of pyridine rings is 1. The Hall–Kier alpha value is -1.10. The maximum Gasteiger partial charge on any atom is 0.419 e. The number of fused-ring (bicyclic) bond motifs is 2. The first kappa shape index (κ1) is 24.0. The zero-order chi connectivity index (χ0) is 23.7. The predicted octanol–water partition coefficient (Wildman–Crippen LogP) is 4.25. The van der Waals surface area contributed by atoms with Crippen molar-refractivity contribution in [3.63, 3.8) is 0 Å². The summed E-state index contributed by atoms with van der Waals surface area (Å²) in [7, 11) is -3.71. The van der Waals surface area contributed by atoms with Crippen LogP contribution in [-0.4, -0.2) is 55.4 Å². The molecule has 0 spiro atoms. The van der Waals surface area contributed by atoms with E-state index in [-0.39, 0.29) is 59.9 Å². The van der Waals surface area contributed by atoms with Crippen molar-refractivity contribution in [2.75, 3.05) is 36.8 Å². The van der Waals surface area contributed by atoms with Gasteiger partial charge in [0.1, 0.15) is 16.8 Å². The van der Waals surface area contributed by atoms with E-state index in [0.717, 1.165) is 12.5 Å². The number of carbonyl (C=O) groups is 1. The lowest BCUT2D eigenvalue weighted by molar-refractivity contribution is -0.137. The van der Waals surface area contributed by atoms with Gasteiger partial charge in [0.25, 0.3) is 0 Å². The molecule has 2 saturated carbocycles. The van der Waals surface area contributed by atoms with E-state index < -0.39 is 32.3 Å². The van der Waals surface area contributed by atoms with Crippen LogP contribution >= 0.6 is 23.2 Å². The molecule has 4 rings (SSSR count). The van der Waals surface area contributed by atoms with Crippen molar-refractivity contribution in [3.05, 3.63) is 21.8 Å². The number of hydrogen-bond donors (Lipinski definition) is 0. The van der Waals surface area contributed by atoms with Gasteiger partial charge in [-0.1, -0.05) is 37.0 Å². The third kappa shape index (κ3) is 3.71. The van der Waals surface area contributed by atoms with Crippen LogP contribution in [0.15, 0.2) is 6.07 Å². The summed E-state index contributed by atoms with van der Waals surface area (Å²) in [6.07, 6.45) is -2.79. The first-order valence-corrected chi connectivity index (χ1v) is 12.7. The molecule has 0 amide bonds. The quantitative estimate of drug-likeness (QED) is 0.562. The number of anilines is 1. The molecule has 2 bridgehead atoms. The van der Waals surface area contributed by atoms with Gasteiger partial charge in [-0.05, 0) is 30.2 Å². The molecule has 0 aromatic carbocycles. The first-order chi connectivity index (χ1) is 14.7. The lowest BCUT2D eigenvalue weighted by atomic mass is 9.70. The third-order valence-corrected chi connectivity index (χ3v) is 10.3. The SMILES string of the molecule is CC1(C)[C@@H]2CC[C@@]1(CS(=O)(=O)N1CCN(c3nc(Cl)c(C(F)(F)F)cc3Cl)CC1)C(=O)C2. The molecule has 1 saturated heterocycles. The second-order valence-electron chi connectivity index (χ2n) is 9.44. The van der Waals surface area contributed by atoms with Gasteiger partial charge in [-0.15, -0.1) is 0 Å². The summed E-state index contributed by atoms with van der Waals surface area (Å²) >= 11 is 11.8. The number of sulfonamides is 1. The molecule has 0 radical (unpaired) electrons. The second kappa shape index (κ2) is 7.71. The van der Waals surface area contributed by atoms with Gasteiger partial charge in [0.2, 0.25) is 10.0 Å². The van der Waals surface area contributed by atoms with Gasteiger partial charge in [0, 0.05) is 38.0 Å². The summed E-state index contributed by atoms with van der Waals surface area (Å²) in [5.74, 6) is 0.148. The maximum absolute atomic E-state index is 13.2. The monoisotopic (exact) mass is 513 g/mol. The van der Waals surface area contributed by atoms with Crippen molar-refractivity contribution >= 4 is 44.8 Å². The minimum absolute atomic E-state index is 0.0383. The highest BCUT2D eigenvalue weighted by Gasteiger charge is 2.65. The Labute approximate surface area is 195 Å². The molecular weight excluding hydrogens is 490 g/mol. The number of rotatable bonds is 4. The fourth-order valence-corrected chi connectivity index (χ4v) is 8.28. The Morgan fingerprint density at radius 2 is 1.81 bits per heavy atom. The van der Waals surface area contributed by atoms with E-state index in [1.165, 1.54) is 4.31 Å². The first-order valence-electron chi connectivity index (χ1n) is 10.4. The van der Waals surface area contributed by atoms with Crippen molar-refractivity contribution in [1.82, 2.24) is 9.29 Å². The molecule has 2 heterocycles. The lowest BCUT2D eigenvalue weighted by Gasteiger charge is -2.40. The smallest absolute Gasteiger partial charge is 0.353 e. The standard InChI is InChI=1S/C20H24Cl2F3N3O3S/c1-18(2)12-3-4-19(18,15(29)9-12)11-32(30,31)28-7-5-27(6-8-28)17-14(21)10-13(16(22)26-17)20(23,24)25/h10,12H,3-9,11H2,1-2H3/t12-,19-/m1/s1. The molecule has 2 aliphatic carbocycles. The summed E-state index contributed by atoms with van der Waals surface area (Å²) in [5.41, 5.74) is -2.32. The largest absolute Gasteiger partial charge is 0.419 e. The molecule has 1 aromatic heterocycles. The minimum atomic E-state index is -4.68. The van der Waals surface area contributed by atoms with Crippen LogP contribution in [0.2, 0.25) is 10.2 Å². The highest BCUT2D eigenvalue weighted by Crippen LogP contribution is 2.64. The third-order valence-electron chi connectivity index (χ3n) is 7.72. The van der Waals surface area contributed by atoms with Gasteiger partial charge in [-0.3, -0.25) is 4.79 Å². The molecule has 12 heteroatoms. The number of ketones is 1. The molecule has 32 heavy (non-hydrogen) atoms. The van der Waals surface area contributed by atoms with Crippen molar-refractivity contribution in [3.8, 4) is 0 Å². The molecular formula is C20H24Cl2F3N3O3S. The number of piperazine rings is 1. The van der Waals surface area contributed by atoms with Gasteiger partial charge in [-0.2, -0.15) is 17.5 Å².